The molecule has 8 heteroatoms. The van der Waals surface area contributed by atoms with E-state index in [1.54, 1.807) is 17.2 Å². The van der Waals surface area contributed by atoms with Crippen LogP contribution in [0, 0.1) is 0 Å². The number of carbonyl (C=O) groups excluding carboxylic acids is 1. The number of amides is 1. The first kappa shape index (κ1) is 17.7. The molecular weight excluding hydrogens is 368 g/mol. The minimum Gasteiger partial charge on any atom is -0.409 e. The minimum atomic E-state index is -0.249. The van der Waals surface area contributed by atoms with E-state index in [1.165, 1.54) is 0 Å². The van der Waals surface area contributed by atoms with Gasteiger partial charge in [-0.25, -0.2) is 4.98 Å². The third-order valence-electron chi connectivity index (χ3n) is 5.88. The zero-order valence-corrected chi connectivity index (χ0v) is 16.3. The maximum Gasteiger partial charge on any atom is 0.245 e. The van der Waals surface area contributed by atoms with Crippen LogP contribution in [0.2, 0.25) is 0 Å². The fraction of sp³-hybridized carbons (Fsp3) is 0.333. The Labute approximate surface area is 167 Å². The summed E-state index contributed by atoms with van der Waals surface area (Å²) in [6, 6.07) is 7.53. The van der Waals surface area contributed by atoms with E-state index >= 15 is 0 Å². The number of benzene rings is 1. The molecule has 2 aromatic heterocycles. The van der Waals surface area contributed by atoms with Crippen LogP contribution in [0.1, 0.15) is 48.9 Å². The van der Waals surface area contributed by atoms with Gasteiger partial charge < -0.3 is 20.4 Å². The molecule has 1 fully saturated rings. The normalized spacial score (nSPS) is 19.7. The van der Waals surface area contributed by atoms with Gasteiger partial charge in [-0.1, -0.05) is 23.4 Å². The fourth-order valence-corrected chi connectivity index (χ4v) is 4.22. The molecule has 0 radical (unpaired) electrons. The van der Waals surface area contributed by atoms with Gasteiger partial charge in [0.15, 0.2) is 5.84 Å². The molecule has 1 atom stereocenters. The highest BCUT2D eigenvalue weighted by Crippen LogP contribution is 2.44. The molecule has 0 bridgehead atoms. The monoisotopic (exact) mass is 390 g/mol. The summed E-state index contributed by atoms with van der Waals surface area (Å²) in [7, 11) is 1.84. The molecule has 1 aromatic carbocycles. The summed E-state index contributed by atoms with van der Waals surface area (Å²) in [4.78, 5) is 23.8. The molecule has 148 valence electrons. The van der Waals surface area contributed by atoms with Crippen molar-refractivity contribution in [2.75, 3.05) is 7.05 Å². The van der Waals surface area contributed by atoms with Gasteiger partial charge in [0.05, 0.1) is 17.9 Å². The van der Waals surface area contributed by atoms with Crippen LogP contribution in [0.3, 0.4) is 0 Å². The van der Waals surface area contributed by atoms with Gasteiger partial charge >= 0.3 is 0 Å². The molecule has 8 nitrogen and oxygen atoms in total. The summed E-state index contributed by atoms with van der Waals surface area (Å²) in [6.45, 7) is 2.48. The molecule has 1 amide bonds. The van der Waals surface area contributed by atoms with E-state index in [-0.39, 0.29) is 17.8 Å². The molecule has 2 aliphatic rings. The van der Waals surface area contributed by atoms with Crippen molar-refractivity contribution < 1.29 is 10.0 Å². The Balaban J connectivity index is 1.73. The largest absolute Gasteiger partial charge is 0.409 e. The Morgan fingerprint density at radius 2 is 2.14 bits per heavy atom. The molecule has 3 aromatic rings. The van der Waals surface area contributed by atoms with Crippen LogP contribution in [0.25, 0.3) is 22.0 Å². The molecule has 1 aliphatic carbocycles. The smallest absolute Gasteiger partial charge is 0.245 e. The number of fused-ring (bicyclic) bond motifs is 2. The van der Waals surface area contributed by atoms with E-state index in [9.17, 15) is 4.79 Å². The van der Waals surface area contributed by atoms with Crippen LogP contribution in [-0.2, 0) is 11.3 Å². The number of rotatable bonds is 3. The second-order valence-electron chi connectivity index (χ2n) is 7.86. The Hall–Kier alpha value is -3.42. The number of nitrogens with zero attached hydrogens (tertiary/aromatic N) is 5. The van der Waals surface area contributed by atoms with Gasteiger partial charge in [0, 0.05) is 30.1 Å². The van der Waals surface area contributed by atoms with Gasteiger partial charge in [-0.05, 0) is 31.2 Å². The standard InChI is InChI=1S/C21H22N6O2/c1-11-21(28)26(2)10-17-18(24-20(27(11)17)12-6-7-12)14-5-3-4-13-8-16(19(22)25-29)23-9-15(13)14/h3-5,8-9,11-12,29H,6-7,10H2,1-2H3,(H2,22,25). The summed E-state index contributed by atoms with van der Waals surface area (Å²) >= 11 is 0. The summed E-state index contributed by atoms with van der Waals surface area (Å²) < 4.78 is 2.15. The number of hydrogen-bond donors (Lipinski definition) is 2. The maximum atomic E-state index is 12.6. The van der Waals surface area contributed by atoms with Gasteiger partial charge in [0.25, 0.3) is 0 Å². The van der Waals surface area contributed by atoms with Crippen molar-refractivity contribution in [3.63, 3.8) is 0 Å². The van der Waals surface area contributed by atoms with Gasteiger partial charge in [-0.15, -0.1) is 0 Å². The van der Waals surface area contributed by atoms with Crippen LogP contribution in [0.15, 0.2) is 35.6 Å². The fourth-order valence-electron chi connectivity index (χ4n) is 4.22. The first-order valence-electron chi connectivity index (χ1n) is 9.72. The van der Waals surface area contributed by atoms with E-state index < -0.39 is 0 Å². The van der Waals surface area contributed by atoms with Gasteiger partial charge in [-0.3, -0.25) is 9.78 Å². The number of imidazole rings is 1. The molecule has 5 rings (SSSR count). The second kappa shape index (κ2) is 6.30. The van der Waals surface area contributed by atoms with Crippen LogP contribution in [0.5, 0.6) is 0 Å². The lowest BCUT2D eigenvalue weighted by Gasteiger charge is -2.31. The quantitative estimate of drug-likeness (QED) is 0.309. The van der Waals surface area contributed by atoms with Crippen LogP contribution >= 0.6 is 0 Å². The zero-order chi connectivity index (χ0) is 20.3. The third kappa shape index (κ3) is 2.66. The lowest BCUT2D eigenvalue weighted by atomic mass is 10.0. The molecule has 0 spiro atoms. The van der Waals surface area contributed by atoms with E-state index in [4.69, 9.17) is 15.9 Å². The van der Waals surface area contributed by atoms with Crippen molar-refractivity contribution in [2.45, 2.75) is 38.3 Å². The minimum absolute atomic E-state index is 0.0262. The molecule has 1 unspecified atom stereocenters. The molecule has 3 N–H and O–H groups in total. The second-order valence-corrected chi connectivity index (χ2v) is 7.86. The average Bonchev–Trinajstić information content (AvgIpc) is 3.52. The molecular formula is C21H22N6O2. The average molecular weight is 390 g/mol. The van der Waals surface area contributed by atoms with E-state index in [0.29, 0.717) is 18.2 Å². The molecule has 0 saturated heterocycles. The van der Waals surface area contributed by atoms with E-state index in [0.717, 1.165) is 46.4 Å². The van der Waals surface area contributed by atoms with E-state index in [2.05, 4.69) is 14.7 Å². The molecule has 29 heavy (non-hydrogen) atoms. The highest BCUT2D eigenvalue weighted by molar-refractivity contribution is 6.02. The maximum absolute atomic E-state index is 12.6. The number of nitrogens with two attached hydrogens (primary N) is 1. The highest BCUT2D eigenvalue weighted by Gasteiger charge is 2.38. The third-order valence-corrected chi connectivity index (χ3v) is 5.88. The Morgan fingerprint density at radius 1 is 1.34 bits per heavy atom. The summed E-state index contributed by atoms with van der Waals surface area (Å²) in [6.07, 6.45) is 3.97. The summed E-state index contributed by atoms with van der Waals surface area (Å²) in [5, 5.41) is 13.8. The van der Waals surface area contributed by atoms with Crippen molar-refractivity contribution in [1.29, 1.82) is 0 Å². The Bertz CT molecular complexity index is 1180. The topological polar surface area (TPSA) is 110 Å². The van der Waals surface area contributed by atoms with Crippen molar-refractivity contribution in [3.05, 3.63) is 47.7 Å². The number of carbonyl (C=O) groups is 1. The number of pyridine rings is 1. The first-order chi connectivity index (χ1) is 14.0. The first-order valence-corrected chi connectivity index (χ1v) is 9.72. The van der Waals surface area contributed by atoms with Crippen molar-refractivity contribution in [1.82, 2.24) is 19.4 Å². The van der Waals surface area contributed by atoms with Crippen LogP contribution in [0.4, 0.5) is 0 Å². The van der Waals surface area contributed by atoms with Gasteiger partial charge in [-0.2, -0.15) is 0 Å². The van der Waals surface area contributed by atoms with Crippen molar-refractivity contribution in [3.8, 4) is 11.3 Å². The Kier molecular flexibility index (Phi) is 3.84. The van der Waals surface area contributed by atoms with Gasteiger partial charge in [0.1, 0.15) is 17.6 Å². The number of amidine groups is 1. The number of likely N-dealkylation sites (N-methyl/N-ethyl adjacent to an activating group) is 1. The summed E-state index contributed by atoms with van der Waals surface area (Å²) in [5.74, 6) is 1.54. The molecule has 3 heterocycles. The lowest BCUT2D eigenvalue weighted by molar-refractivity contribution is -0.135. The molecule has 1 aliphatic heterocycles. The van der Waals surface area contributed by atoms with Crippen molar-refractivity contribution in [2.24, 2.45) is 10.9 Å². The van der Waals surface area contributed by atoms with Gasteiger partial charge in [0.2, 0.25) is 5.91 Å². The van der Waals surface area contributed by atoms with Crippen molar-refractivity contribution >= 4 is 22.5 Å². The highest BCUT2D eigenvalue weighted by atomic mass is 16.4. The SMILES string of the molecule is CC1C(=O)N(C)Cc2c(-c3cccc4cc(/C(N)=N/O)ncc34)nc(C3CC3)n21. The summed E-state index contributed by atoms with van der Waals surface area (Å²) in [5.41, 5.74) is 9.06. The van der Waals surface area contributed by atoms with E-state index in [1.807, 2.05) is 32.2 Å². The lowest BCUT2D eigenvalue weighted by Crippen LogP contribution is -2.39. The number of oxime groups is 1. The van der Waals surface area contributed by atoms with Crippen LogP contribution in [-0.4, -0.2) is 43.4 Å². The number of aromatic nitrogens is 3. The molecule has 1 saturated carbocycles. The van der Waals surface area contributed by atoms with Crippen LogP contribution < -0.4 is 5.73 Å². The predicted octanol–water partition coefficient (Wildman–Crippen LogP) is 2.60. The zero-order valence-electron chi connectivity index (χ0n) is 16.3. The Morgan fingerprint density at radius 3 is 2.86 bits per heavy atom. The number of hydrogen-bond acceptors (Lipinski definition) is 5. The predicted molar refractivity (Wildman–Crippen MR) is 109 cm³/mol.